The van der Waals surface area contributed by atoms with E-state index in [-0.39, 0.29) is 35.9 Å². The van der Waals surface area contributed by atoms with Gasteiger partial charge >= 0.3 is 29.6 Å². The van der Waals surface area contributed by atoms with E-state index >= 15 is 0 Å². The Hall–Kier alpha value is 0.310. The van der Waals surface area contributed by atoms with Gasteiger partial charge in [0, 0.05) is 8.95 Å². The summed E-state index contributed by atoms with van der Waals surface area (Å²) in [5.74, 6) is 0. The van der Waals surface area contributed by atoms with Crippen molar-refractivity contribution in [3.8, 4) is 11.1 Å². The molecule has 0 spiro atoms. The molecule has 1 N–H and O–H groups in total. The molecule has 3 nitrogen and oxygen atoms in total. The van der Waals surface area contributed by atoms with Crippen molar-refractivity contribution in [3.63, 3.8) is 0 Å². The molecule has 0 fully saturated rings. The van der Waals surface area contributed by atoms with Crippen molar-refractivity contribution >= 4 is 42.0 Å². The SMILES string of the molecule is O=S(=O)(O)c1ccc(-c2cc(Br)ccc2Br)cc1.[H-].[Na+]. The van der Waals surface area contributed by atoms with E-state index in [4.69, 9.17) is 4.55 Å². The summed E-state index contributed by atoms with van der Waals surface area (Å²) >= 11 is 6.82. The molecular formula is C12H9Br2NaO3S. The predicted octanol–water partition coefficient (Wildman–Crippen LogP) is 1.24. The van der Waals surface area contributed by atoms with Gasteiger partial charge in [-0.2, -0.15) is 8.42 Å². The van der Waals surface area contributed by atoms with Gasteiger partial charge in [0.15, 0.2) is 0 Å². The van der Waals surface area contributed by atoms with Gasteiger partial charge in [-0.3, -0.25) is 4.55 Å². The maximum absolute atomic E-state index is 10.9. The quantitative estimate of drug-likeness (QED) is 0.593. The van der Waals surface area contributed by atoms with Crippen LogP contribution in [0, 0.1) is 0 Å². The van der Waals surface area contributed by atoms with Crippen molar-refractivity contribution in [2.45, 2.75) is 4.90 Å². The summed E-state index contributed by atoms with van der Waals surface area (Å²) in [6.07, 6.45) is 0. The van der Waals surface area contributed by atoms with E-state index < -0.39 is 10.1 Å². The second kappa shape index (κ2) is 6.85. The Morgan fingerprint density at radius 2 is 1.58 bits per heavy atom. The van der Waals surface area contributed by atoms with Gasteiger partial charge in [0.05, 0.1) is 4.90 Å². The molecule has 0 bridgehead atoms. The zero-order valence-electron chi connectivity index (χ0n) is 11.0. The molecule has 0 saturated heterocycles. The molecule has 0 heterocycles. The average Bonchev–Trinajstić information content (AvgIpc) is 2.31. The minimum atomic E-state index is -4.14. The summed E-state index contributed by atoms with van der Waals surface area (Å²) in [6, 6.07) is 11.8. The van der Waals surface area contributed by atoms with Crippen molar-refractivity contribution in [2.75, 3.05) is 0 Å². The molecule has 2 aromatic rings. The van der Waals surface area contributed by atoms with Gasteiger partial charge in [-0.15, -0.1) is 0 Å². The summed E-state index contributed by atoms with van der Waals surface area (Å²) in [4.78, 5) is -0.114. The standard InChI is InChI=1S/C12H8Br2O3S.Na.H/c13-9-3-6-12(14)11(7-9)8-1-4-10(5-2-8)18(15,16)17;;/h1-7H,(H,15,16,17);;/q;+1;-1. The predicted molar refractivity (Wildman–Crippen MR) is 78.2 cm³/mol. The molecule has 0 amide bonds. The summed E-state index contributed by atoms with van der Waals surface area (Å²) in [5, 5.41) is 0. The molecule has 0 aliphatic heterocycles. The molecule has 0 aromatic heterocycles. The summed E-state index contributed by atoms with van der Waals surface area (Å²) in [7, 11) is -4.14. The molecule has 2 rings (SSSR count). The summed E-state index contributed by atoms with van der Waals surface area (Å²) in [5.41, 5.74) is 1.79. The Balaban J connectivity index is 0.00000180. The van der Waals surface area contributed by atoms with E-state index in [0.717, 1.165) is 20.1 Å². The van der Waals surface area contributed by atoms with Crippen molar-refractivity contribution in [3.05, 3.63) is 51.4 Å². The zero-order valence-corrected chi connectivity index (χ0v) is 16.0. The first-order valence-corrected chi connectivity index (χ1v) is 7.93. The molecule has 0 radical (unpaired) electrons. The smallest absolute Gasteiger partial charge is 1.00 e. The van der Waals surface area contributed by atoms with Crippen molar-refractivity contribution in [2.24, 2.45) is 0 Å². The minimum absolute atomic E-state index is 0. The van der Waals surface area contributed by atoms with Gasteiger partial charge in [0.1, 0.15) is 0 Å². The van der Waals surface area contributed by atoms with Crippen LogP contribution in [0.25, 0.3) is 11.1 Å². The van der Waals surface area contributed by atoms with Crippen LogP contribution in [0.15, 0.2) is 56.3 Å². The molecule has 2 aromatic carbocycles. The van der Waals surface area contributed by atoms with E-state index in [0.29, 0.717) is 0 Å². The van der Waals surface area contributed by atoms with E-state index in [2.05, 4.69) is 31.9 Å². The van der Waals surface area contributed by atoms with Crippen LogP contribution in [-0.4, -0.2) is 13.0 Å². The van der Waals surface area contributed by atoms with E-state index in [1.165, 1.54) is 12.1 Å². The second-order valence-electron chi connectivity index (χ2n) is 3.62. The van der Waals surface area contributed by atoms with Crippen LogP contribution < -0.4 is 29.6 Å². The van der Waals surface area contributed by atoms with Crippen LogP contribution in [0.1, 0.15) is 1.43 Å². The van der Waals surface area contributed by atoms with Crippen molar-refractivity contribution in [1.29, 1.82) is 0 Å². The van der Waals surface area contributed by atoms with Crippen molar-refractivity contribution < 1.29 is 44.0 Å². The molecule has 0 aliphatic rings. The third-order valence-electron chi connectivity index (χ3n) is 2.39. The fraction of sp³-hybridized carbons (Fsp3) is 0. The van der Waals surface area contributed by atoms with E-state index in [1.807, 2.05) is 18.2 Å². The number of hydrogen-bond acceptors (Lipinski definition) is 2. The van der Waals surface area contributed by atoms with Crippen molar-refractivity contribution in [1.82, 2.24) is 0 Å². The first-order valence-electron chi connectivity index (χ1n) is 4.91. The number of halogens is 2. The average molecular weight is 416 g/mol. The topological polar surface area (TPSA) is 54.4 Å². The molecule has 7 heteroatoms. The Morgan fingerprint density at radius 1 is 1.00 bits per heavy atom. The van der Waals surface area contributed by atoms with Crippen LogP contribution in [0.2, 0.25) is 0 Å². The zero-order chi connectivity index (χ0) is 13.3. The normalized spacial score (nSPS) is 10.9. The summed E-state index contributed by atoms with van der Waals surface area (Å²) < 4.78 is 32.6. The molecule has 96 valence electrons. The van der Waals surface area contributed by atoms with Gasteiger partial charge < -0.3 is 1.43 Å². The van der Waals surface area contributed by atoms with Gasteiger partial charge in [-0.05, 0) is 41.5 Å². The molecule has 0 atom stereocenters. The van der Waals surface area contributed by atoms with Crippen LogP contribution in [-0.2, 0) is 10.1 Å². The fourth-order valence-corrected chi connectivity index (χ4v) is 2.84. The molecule has 19 heavy (non-hydrogen) atoms. The third-order valence-corrected chi connectivity index (χ3v) is 4.44. The maximum Gasteiger partial charge on any atom is 1.00 e. The second-order valence-corrected chi connectivity index (χ2v) is 6.82. The molecular weight excluding hydrogens is 407 g/mol. The van der Waals surface area contributed by atoms with Crippen LogP contribution in [0.5, 0.6) is 0 Å². The largest absolute Gasteiger partial charge is 1.00 e. The fourth-order valence-electron chi connectivity index (χ4n) is 1.53. The first kappa shape index (κ1) is 17.4. The number of rotatable bonds is 2. The summed E-state index contributed by atoms with van der Waals surface area (Å²) in [6.45, 7) is 0. The molecule has 0 unspecified atom stereocenters. The Kier molecular flexibility index (Phi) is 6.26. The number of benzene rings is 2. The van der Waals surface area contributed by atoms with Gasteiger partial charge in [-0.25, -0.2) is 0 Å². The maximum atomic E-state index is 10.9. The monoisotopic (exact) mass is 414 g/mol. The Morgan fingerprint density at radius 3 is 2.11 bits per heavy atom. The minimum Gasteiger partial charge on any atom is -1.00 e. The first-order chi connectivity index (χ1) is 8.38. The molecule has 0 aliphatic carbocycles. The van der Waals surface area contributed by atoms with Crippen LogP contribution >= 0.6 is 31.9 Å². The van der Waals surface area contributed by atoms with Crippen LogP contribution in [0.3, 0.4) is 0 Å². The third kappa shape index (κ3) is 4.39. The Bertz CT molecular complexity index is 690. The van der Waals surface area contributed by atoms with E-state index in [1.54, 1.807) is 12.1 Å². The molecule has 0 saturated carbocycles. The van der Waals surface area contributed by atoms with Gasteiger partial charge in [0.25, 0.3) is 10.1 Å². The Labute approximate surface area is 152 Å². The number of hydrogen-bond donors (Lipinski definition) is 1. The van der Waals surface area contributed by atoms with E-state index in [9.17, 15) is 8.42 Å². The van der Waals surface area contributed by atoms with Crippen LogP contribution in [0.4, 0.5) is 0 Å². The van der Waals surface area contributed by atoms with Gasteiger partial charge in [0.2, 0.25) is 0 Å². The van der Waals surface area contributed by atoms with Gasteiger partial charge in [-0.1, -0.05) is 44.0 Å².